The van der Waals surface area contributed by atoms with Gasteiger partial charge in [-0.05, 0) is 24.1 Å². The Balaban J connectivity index is 1.74. The molecule has 1 heterocycles. The topological polar surface area (TPSA) is 79.4 Å². The second-order valence-electron chi connectivity index (χ2n) is 4.74. The van der Waals surface area contributed by atoms with E-state index < -0.39 is 0 Å². The van der Waals surface area contributed by atoms with Crippen molar-refractivity contribution in [3.8, 4) is 23.0 Å². The summed E-state index contributed by atoms with van der Waals surface area (Å²) in [4.78, 5) is 4.28. The van der Waals surface area contributed by atoms with Gasteiger partial charge in [0, 0.05) is 18.1 Å². The zero-order chi connectivity index (χ0) is 14.7. The van der Waals surface area contributed by atoms with Gasteiger partial charge in [0.25, 0.3) is 5.89 Å². The molecule has 21 heavy (non-hydrogen) atoms. The lowest BCUT2D eigenvalue weighted by Crippen LogP contribution is -1.93. The zero-order valence-corrected chi connectivity index (χ0v) is 11.2. The van der Waals surface area contributed by atoms with E-state index in [1.165, 1.54) is 23.8 Å². The van der Waals surface area contributed by atoms with Crippen molar-refractivity contribution in [2.75, 3.05) is 0 Å². The van der Waals surface area contributed by atoms with Gasteiger partial charge < -0.3 is 14.7 Å². The number of nitrogens with zero attached hydrogens (tertiary/aromatic N) is 2. The SMILES string of the molecule is Oc1cc(O)cc(-c2nc(CCc3ccccc3)no2)c1. The Morgan fingerprint density at radius 3 is 2.33 bits per heavy atom. The molecule has 0 radical (unpaired) electrons. The minimum absolute atomic E-state index is 0.0472. The molecule has 0 saturated heterocycles. The Morgan fingerprint density at radius 2 is 1.62 bits per heavy atom. The highest BCUT2D eigenvalue weighted by atomic mass is 16.5. The van der Waals surface area contributed by atoms with Gasteiger partial charge in [0.1, 0.15) is 11.5 Å². The Kier molecular flexibility index (Phi) is 3.55. The van der Waals surface area contributed by atoms with Gasteiger partial charge in [-0.1, -0.05) is 35.5 Å². The predicted octanol–water partition coefficient (Wildman–Crippen LogP) is 2.93. The van der Waals surface area contributed by atoms with Crippen LogP contribution in [0.2, 0.25) is 0 Å². The Morgan fingerprint density at radius 1 is 0.905 bits per heavy atom. The fourth-order valence-electron chi connectivity index (χ4n) is 2.09. The molecule has 2 N–H and O–H groups in total. The lowest BCUT2D eigenvalue weighted by Gasteiger charge is -1.98. The minimum Gasteiger partial charge on any atom is -0.508 e. The van der Waals surface area contributed by atoms with Gasteiger partial charge in [-0.15, -0.1) is 0 Å². The first kappa shape index (κ1) is 13.2. The molecule has 0 bridgehead atoms. The van der Waals surface area contributed by atoms with Crippen molar-refractivity contribution in [3.05, 3.63) is 59.9 Å². The van der Waals surface area contributed by atoms with Crippen LogP contribution in [0.4, 0.5) is 0 Å². The van der Waals surface area contributed by atoms with Gasteiger partial charge in [0.15, 0.2) is 5.82 Å². The Bertz CT molecular complexity index is 718. The van der Waals surface area contributed by atoms with Crippen LogP contribution in [0.5, 0.6) is 11.5 Å². The van der Waals surface area contributed by atoms with Crippen LogP contribution in [0, 0.1) is 0 Å². The summed E-state index contributed by atoms with van der Waals surface area (Å²) in [6.45, 7) is 0. The average Bonchev–Trinajstić information content (AvgIpc) is 2.94. The second-order valence-corrected chi connectivity index (χ2v) is 4.74. The maximum Gasteiger partial charge on any atom is 0.258 e. The molecule has 1 aromatic heterocycles. The molecule has 0 aliphatic heterocycles. The first-order valence-electron chi connectivity index (χ1n) is 6.60. The number of benzene rings is 2. The van der Waals surface area contributed by atoms with Gasteiger partial charge in [0.05, 0.1) is 0 Å². The largest absolute Gasteiger partial charge is 0.508 e. The highest BCUT2D eigenvalue weighted by Gasteiger charge is 2.11. The molecule has 0 saturated carbocycles. The van der Waals surface area contributed by atoms with E-state index in [2.05, 4.69) is 10.1 Å². The molecule has 5 heteroatoms. The fraction of sp³-hybridized carbons (Fsp3) is 0.125. The van der Waals surface area contributed by atoms with E-state index in [0.29, 0.717) is 17.8 Å². The molecule has 0 aliphatic rings. The number of aromatic hydroxyl groups is 2. The maximum absolute atomic E-state index is 9.46. The quantitative estimate of drug-likeness (QED) is 0.769. The van der Waals surface area contributed by atoms with Crippen molar-refractivity contribution in [3.63, 3.8) is 0 Å². The number of rotatable bonds is 4. The summed E-state index contributed by atoms with van der Waals surface area (Å²) in [5, 5.41) is 22.8. The number of hydrogen-bond donors (Lipinski definition) is 2. The lowest BCUT2D eigenvalue weighted by molar-refractivity contribution is 0.420. The lowest BCUT2D eigenvalue weighted by atomic mass is 10.1. The second kappa shape index (κ2) is 5.66. The summed E-state index contributed by atoms with van der Waals surface area (Å²) >= 11 is 0. The summed E-state index contributed by atoms with van der Waals surface area (Å²) in [6, 6.07) is 14.2. The minimum atomic E-state index is -0.0472. The third-order valence-electron chi connectivity index (χ3n) is 3.10. The Labute approximate surface area is 121 Å². The predicted molar refractivity (Wildman–Crippen MR) is 76.9 cm³/mol. The van der Waals surface area contributed by atoms with Crippen molar-refractivity contribution in [1.29, 1.82) is 0 Å². The summed E-state index contributed by atoms with van der Waals surface area (Å²) < 4.78 is 5.17. The molecule has 3 aromatic rings. The first-order chi connectivity index (χ1) is 10.2. The molecular formula is C16H14N2O3. The molecule has 0 amide bonds. The molecule has 0 fully saturated rings. The summed E-state index contributed by atoms with van der Waals surface area (Å²) in [5.74, 6) is 0.781. The van der Waals surface area contributed by atoms with E-state index in [4.69, 9.17) is 4.52 Å². The van der Waals surface area contributed by atoms with Gasteiger partial charge in [-0.2, -0.15) is 4.98 Å². The molecule has 106 valence electrons. The molecule has 5 nitrogen and oxygen atoms in total. The number of phenols is 2. The highest BCUT2D eigenvalue weighted by molar-refractivity contribution is 5.58. The van der Waals surface area contributed by atoms with Gasteiger partial charge in [-0.25, -0.2) is 0 Å². The third kappa shape index (κ3) is 3.20. The van der Waals surface area contributed by atoms with Crippen LogP contribution in [0.1, 0.15) is 11.4 Å². The van der Waals surface area contributed by atoms with E-state index in [0.717, 1.165) is 6.42 Å². The molecule has 0 aliphatic carbocycles. The molecule has 3 rings (SSSR count). The molecular weight excluding hydrogens is 268 g/mol. The van der Waals surface area contributed by atoms with E-state index in [1.54, 1.807) is 0 Å². The Hall–Kier alpha value is -2.82. The van der Waals surface area contributed by atoms with E-state index >= 15 is 0 Å². The fourth-order valence-corrected chi connectivity index (χ4v) is 2.09. The third-order valence-corrected chi connectivity index (χ3v) is 3.10. The van der Waals surface area contributed by atoms with E-state index in [9.17, 15) is 10.2 Å². The summed E-state index contributed by atoms with van der Waals surface area (Å²) in [7, 11) is 0. The van der Waals surface area contributed by atoms with Crippen molar-refractivity contribution in [2.24, 2.45) is 0 Å². The normalized spacial score (nSPS) is 10.7. The van der Waals surface area contributed by atoms with Gasteiger partial charge in [-0.3, -0.25) is 0 Å². The van der Waals surface area contributed by atoms with Crippen LogP contribution in [-0.4, -0.2) is 20.4 Å². The van der Waals surface area contributed by atoms with Crippen molar-refractivity contribution >= 4 is 0 Å². The van der Waals surface area contributed by atoms with Crippen molar-refractivity contribution in [2.45, 2.75) is 12.8 Å². The number of hydrogen-bond acceptors (Lipinski definition) is 5. The first-order valence-corrected chi connectivity index (χ1v) is 6.60. The highest BCUT2D eigenvalue weighted by Crippen LogP contribution is 2.27. The molecule has 0 spiro atoms. The molecule has 2 aromatic carbocycles. The van der Waals surface area contributed by atoms with Crippen molar-refractivity contribution in [1.82, 2.24) is 10.1 Å². The summed E-state index contributed by atoms with van der Waals surface area (Å²) in [5.41, 5.74) is 1.70. The van der Waals surface area contributed by atoms with Crippen LogP contribution in [0.25, 0.3) is 11.5 Å². The smallest absolute Gasteiger partial charge is 0.258 e. The van der Waals surface area contributed by atoms with Crippen LogP contribution < -0.4 is 0 Å². The van der Waals surface area contributed by atoms with Gasteiger partial charge in [0.2, 0.25) is 0 Å². The average molecular weight is 282 g/mol. The van der Waals surface area contributed by atoms with Crippen LogP contribution in [0.3, 0.4) is 0 Å². The zero-order valence-electron chi connectivity index (χ0n) is 11.2. The van der Waals surface area contributed by atoms with Crippen molar-refractivity contribution < 1.29 is 14.7 Å². The standard InChI is InChI=1S/C16H14N2O3/c19-13-8-12(9-14(20)10-13)16-17-15(18-21-16)7-6-11-4-2-1-3-5-11/h1-5,8-10,19-20H,6-7H2. The molecule has 0 unspecified atom stereocenters. The van der Waals surface area contributed by atoms with E-state index in [1.807, 2.05) is 30.3 Å². The molecule has 0 atom stereocenters. The number of phenolic OH excluding ortho intramolecular Hbond substituents is 2. The maximum atomic E-state index is 9.46. The van der Waals surface area contributed by atoms with Gasteiger partial charge >= 0.3 is 0 Å². The number of aromatic nitrogens is 2. The van der Waals surface area contributed by atoms with Crippen LogP contribution in [0.15, 0.2) is 53.1 Å². The van der Waals surface area contributed by atoms with Crippen LogP contribution >= 0.6 is 0 Å². The number of aryl methyl sites for hydroxylation is 2. The van der Waals surface area contributed by atoms with Crippen LogP contribution in [-0.2, 0) is 12.8 Å². The summed E-state index contributed by atoms with van der Waals surface area (Å²) in [6.07, 6.45) is 1.49. The van der Waals surface area contributed by atoms with E-state index in [-0.39, 0.29) is 17.4 Å². The monoisotopic (exact) mass is 282 g/mol.